The zero-order valence-corrected chi connectivity index (χ0v) is 17.8. The summed E-state index contributed by atoms with van der Waals surface area (Å²) < 4.78 is 41.3. The van der Waals surface area contributed by atoms with E-state index < -0.39 is 17.6 Å². The fraction of sp³-hybridized carbons (Fsp3) is 0.250. The molecule has 1 fully saturated rings. The third kappa shape index (κ3) is 5.43. The Morgan fingerprint density at radius 3 is 2.12 bits per heavy atom. The minimum absolute atomic E-state index is 0.0419. The van der Waals surface area contributed by atoms with Gasteiger partial charge in [-0.1, -0.05) is 12.1 Å². The van der Waals surface area contributed by atoms with Crippen molar-refractivity contribution in [3.05, 3.63) is 84.2 Å². The van der Waals surface area contributed by atoms with Gasteiger partial charge >= 0.3 is 6.18 Å². The zero-order valence-electron chi connectivity index (χ0n) is 17.8. The van der Waals surface area contributed by atoms with Gasteiger partial charge in [-0.2, -0.15) is 13.2 Å². The molecule has 2 aromatic carbocycles. The molecule has 1 saturated heterocycles. The van der Waals surface area contributed by atoms with Crippen molar-refractivity contribution in [2.24, 2.45) is 0 Å². The molecule has 6 nitrogen and oxygen atoms in total. The van der Waals surface area contributed by atoms with Crippen LogP contribution < -0.4 is 5.32 Å². The molecule has 2 amide bonds. The van der Waals surface area contributed by atoms with Crippen LogP contribution in [0.3, 0.4) is 0 Å². The van der Waals surface area contributed by atoms with E-state index in [1.54, 1.807) is 17.0 Å². The minimum atomic E-state index is -4.55. The van der Waals surface area contributed by atoms with Gasteiger partial charge in [0.05, 0.1) is 17.8 Å². The Balaban J connectivity index is 1.29. The first-order valence-corrected chi connectivity index (χ1v) is 10.5. The van der Waals surface area contributed by atoms with Crippen LogP contribution in [0.15, 0.2) is 73.1 Å². The predicted octanol–water partition coefficient (Wildman–Crippen LogP) is 3.89. The number of alkyl halides is 3. The number of nitrogens with zero attached hydrogens (tertiary/aromatic N) is 3. The Morgan fingerprint density at radius 2 is 1.48 bits per heavy atom. The first-order valence-electron chi connectivity index (χ1n) is 10.5. The van der Waals surface area contributed by atoms with Crippen LogP contribution in [0.2, 0.25) is 0 Å². The Hall–Kier alpha value is -3.59. The van der Waals surface area contributed by atoms with Gasteiger partial charge in [0.1, 0.15) is 0 Å². The summed E-state index contributed by atoms with van der Waals surface area (Å²) in [5.74, 6) is -0.607. The number of hydrogen-bond donors (Lipinski definition) is 1. The van der Waals surface area contributed by atoms with Crippen LogP contribution in [0.5, 0.6) is 0 Å². The highest BCUT2D eigenvalue weighted by molar-refractivity contribution is 5.95. The highest BCUT2D eigenvalue weighted by Crippen LogP contribution is 2.34. The first-order chi connectivity index (χ1) is 15.8. The van der Waals surface area contributed by atoms with Crippen molar-refractivity contribution < 1.29 is 22.8 Å². The van der Waals surface area contributed by atoms with E-state index in [1.165, 1.54) is 18.2 Å². The van der Waals surface area contributed by atoms with Gasteiger partial charge in [-0.05, 0) is 48.5 Å². The normalized spacial score (nSPS) is 14.8. The van der Waals surface area contributed by atoms with Gasteiger partial charge in [-0.25, -0.2) is 0 Å². The number of piperazine rings is 1. The maximum atomic E-state index is 13.1. The Bertz CT molecular complexity index is 1100. The van der Waals surface area contributed by atoms with Gasteiger partial charge in [0, 0.05) is 49.8 Å². The van der Waals surface area contributed by atoms with E-state index >= 15 is 0 Å². The molecule has 0 bridgehead atoms. The fourth-order valence-electron chi connectivity index (χ4n) is 3.81. The van der Waals surface area contributed by atoms with Crippen LogP contribution in [-0.2, 0) is 11.0 Å². The molecule has 0 spiro atoms. The van der Waals surface area contributed by atoms with E-state index in [1.807, 2.05) is 46.1 Å². The summed E-state index contributed by atoms with van der Waals surface area (Å²) in [6.07, 6.45) is -0.697. The van der Waals surface area contributed by atoms with E-state index in [0.717, 1.165) is 11.8 Å². The molecule has 4 rings (SSSR count). The summed E-state index contributed by atoms with van der Waals surface area (Å²) in [5.41, 5.74) is 0.407. The molecular weight excluding hydrogens is 433 g/mol. The second-order valence-electron chi connectivity index (χ2n) is 7.80. The lowest BCUT2D eigenvalue weighted by Crippen LogP contribution is -2.50. The SMILES string of the molecule is O=C(CN1CCN(C(=O)c2ccc(-n3cccc3)cc2)CC1)Nc1ccccc1C(F)(F)F. The monoisotopic (exact) mass is 456 g/mol. The van der Waals surface area contributed by atoms with E-state index in [0.29, 0.717) is 31.7 Å². The topological polar surface area (TPSA) is 57.6 Å². The molecule has 2 heterocycles. The predicted molar refractivity (Wildman–Crippen MR) is 118 cm³/mol. The number of hydrogen-bond acceptors (Lipinski definition) is 3. The van der Waals surface area contributed by atoms with Crippen LogP contribution in [0.1, 0.15) is 15.9 Å². The minimum Gasteiger partial charge on any atom is -0.336 e. The van der Waals surface area contributed by atoms with Crippen LogP contribution in [0, 0.1) is 0 Å². The van der Waals surface area contributed by atoms with E-state index in [9.17, 15) is 22.8 Å². The van der Waals surface area contributed by atoms with Gasteiger partial charge in [-0.3, -0.25) is 14.5 Å². The number of amides is 2. The molecule has 1 aliphatic rings. The second-order valence-corrected chi connectivity index (χ2v) is 7.80. The van der Waals surface area contributed by atoms with Crippen LogP contribution >= 0.6 is 0 Å². The Morgan fingerprint density at radius 1 is 0.848 bits per heavy atom. The standard InChI is InChI=1S/C24H23F3N4O2/c25-24(26,27)20-5-1-2-6-21(20)28-22(32)17-29-13-15-31(16-14-29)23(33)18-7-9-19(10-8-18)30-11-3-4-12-30/h1-12H,13-17H2,(H,28,32). The summed E-state index contributed by atoms with van der Waals surface area (Å²) in [4.78, 5) is 28.7. The molecule has 9 heteroatoms. The van der Waals surface area contributed by atoms with Crippen molar-refractivity contribution >= 4 is 17.5 Å². The third-order valence-corrected chi connectivity index (χ3v) is 5.55. The lowest BCUT2D eigenvalue weighted by atomic mass is 10.1. The number of halogens is 3. The summed E-state index contributed by atoms with van der Waals surface area (Å²) >= 11 is 0. The van der Waals surface area contributed by atoms with Gasteiger partial charge in [0.2, 0.25) is 5.91 Å². The molecule has 172 valence electrons. The number of rotatable bonds is 5. The number of benzene rings is 2. The number of carbonyl (C=O) groups is 2. The largest absolute Gasteiger partial charge is 0.418 e. The first kappa shape index (κ1) is 22.6. The summed E-state index contributed by atoms with van der Waals surface area (Å²) in [6.45, 7) is 1.75. The summed E-state index contributed by atoms with van der Waals surface area (Å²) in [7, 11) is 0. The highest BCUT2D eigenvalue weighted by Gasteiger charge is 2.33. The average Bonchev–Trinajstić information content (AvgIpc) is 3.34. The highest BCUT2D eigenvalue weighted by atomic mass is 19.4. The molecule has 0 saturated carbocycles. The quantitative estimate of drug-likeness (QED) is 0.634. The van der Waals surface area contributed by atoms with Gasteiger partial charge in [0.25, 0.3) is 5.91 Å². The summed E-state index contributed by atoms with van der Waals surface area (Å²) in [5, 5.41) is 2.36. The lowest BCUT2D eigenvalue weighted by molar-refractivity contribution is -0.137. The molecule has 1 aliphatic heterocycles. The number of anilines is 1. The molecule has 0 aliphatic carbocycles. The molecule has 33 heavy (non-hydrogen) atoms. The third-order valence-electron chi connectivity index (χ3n) is 5.55. The van der Waals surface area contributed by atoms with Crippen molar-refractivity contribution in [3.63, 3.8) is 0 Å². The lowest BCUT2D eigenvalue weighted by Gasteiger charge is -2.34. The molecule has 0 radical (unpaired) electrons. The Kier molecular flexibility index (Phi) is 6.50. The second kappa shape index (κ2) is 9.50. The molecule has 0 unspecified atom stereocenters. The number of aromatic nitrogens is 1. The van der Waals surface area contributed by atoms with Crippen LogP contribution in [0.25, 0.3) is 5.69 Å². The van der Waals surface area contributed by atoms with E-state index in [-0.39, 0.29) is 18.1 Å². The molecule has 3 aromatic rings. The maximum absolute atomic E-state index is 13.1. The molecule has 1 N–H and O–H groups in total. The van der Waals surface area contributed by atoms with Gasteiger partial charge in [-0.15, -0.1) is 0 Å². The van der Waals surface area contributed by atoms with Crippen molar-refractivity contribution in [3.8, 4) is 5.69 Å². The molecular formula is C24H23F3N4O2. The van der Waals surface area contributed by atoms with Crippen molar-refractivity contribution in [2.45, 2.75) is 6.18 Å². The van der Waals surface area contributed by atoms with E-state index in [2.05, 4.69) is 5.32 Å². The van der Waals surface area contributed by atoms with Crippen molar-refractivity contribution in [1.82, 2.24) is 14.4 Å². The number of carbonyl (C=O) groups excluding carboxylic acids is 2. The van der Waals surface area contributed by atoms with Crippen molar-refractivity contribution in [1.29, 1.82) is 0 Å². The van der Waals surface area contributed by atoms with Crippen LogP contribution in [-0.4, -0.2) is 58.9 Å². The van der Waals surface area contributed by atoms with Gasteiger partial charge < -0.3 is 14.8 Å². The number of para-hydroxylation sites is 1. The smallest absolute Gasteiger partial charge is 0.336 e. The average molecular weight is 456 g/mol. The Labute approximate surface area is 189 Å². The maximum Gasteiger partial charge on any atom is 0.418 e. The van der Waals surface area contributed by atoms with Crippen molar-refractivity contribution in [2.75, 3.05) is 38.0 Å². The number of nitrogens with one attached hydrogen (secondary N) is 1. The van der Waals surface area contributed by atoms with Crippen LogP contribution in [0.4, 0.5) is 18.9 Å². The summed E-state index contributed by atoms with van der Waals surface area (Å²) in [6, 6.07) is 16.1. The fourth-order valence-corrected chi connectivity index (χ4v) is 3.81. The molecule has 0 atom stereocenters. The van der Waals surface area contributed by atoms with E-state index in [4.69, 9.17) is 0 Å². The van der Waals surface area contributed by atoms with Gasteiger partial charge in [0.15, 0.2) is 0 Å². The molecule has 1 aromatic heterocycles. The zero-order chi connectivity index (χ0) is 23.4.